The molecule has 0 aliphatic rings. The average Bonchev–Trinajstić information content (AvgIpc) is 3.00. The van der Waals surface area contributed by atoms with Crippen molar-refractivity contribution >= 4 is 28.8 Å². The third kappa shape index (κ3) is 2.97. The number of thiophene rings is 1. The molecule has 0 aliphatic carbocycles. The molecule has 6 heteroatoms. The molecule has 0 fully saturated rings. The van der Waals surface area contributed by atoms with Crippen LogP contribution in [0.1, 0.15) is 15.2 Å². The van der Waals surface area contributed by atoms with Gasteiger partial charge in [0.15, 0.2) is 0 Å². The van der Waals surface area contributed by atoms with Gasteiger partial charge >= 0.3 is 5.97 Å². The molecule has 0 radical (unpaired) electrons. The Bertz CT molecular complexity index is 623. The lowest BCUT2D eigenvalue weighted by Gasteiger charge is -2.11. The Hall–Kier alpha value is -2.34. The lowest BCUT2D eigenvalue weighted by atomic mass is 10.1. The van der Waals surface area contributed by atoms with E-state index in [2.05, 4.69) is 5.32 Å². The number of carbonyl (C=O) groups is 1. The molecule has 5 nitrogen and oxygen atoms in total. The molecule has 2 rings (SSSR count). The molecule has 2 aromatic rings. The standard InChI is InChI=1S/C14H14N2O3S/c1-18-11-6-5-9(8-10(11)14(17)19-2)16-13(15)12-4-3-7-20-12/h3-8H,1-2H3,(H2,15,16). The number of carbonyl (C=O) groups excluding carboxylic acids is 1. The molecule has 0 spiro atoms. The minimum atomic E-state index is -0.479. The maximum atomic E-state index is 11.7. The van der Waals surface area contributed by atoms with Gasteiger partial charge < -0.3 is 14.8 Å². The second-order valence-electron chi connectivity index (χ2n) is 3.88. The number of rotatable bonds is 4. The molecule has 0 atom stereocenters. The van der Waals surface area contributed by atoms with E-state index < -0.39 is 5.97 Å². The summed E-state index contributed by atoms with van der Waals surface area (Å²) in [4.78, 5) is 12.5. The Labute approximate surface area is 120 Å². The zero-order chi connectivity index (χ0) is 14.5. The molecule has 0 aliphatic heterocycles. The van der Waals surface area contributed by atoms with Crippen molar-refractivity contribution in [1.29, 1.82) is 5.41 Å². The topological polar surface area (TPSA) is 71.4 Å². The highest BCUT2D eigenvalue weighted by molar-refractivity contribution is 7.12. The van der Waals surface area contributed by atoms with E-state index in [4.69, 9.17) is 14.9 Å². The number of esters is 1. The monoisotopic (exact) mass is 290 g/mol. The fraction of sp³-hybridized carbons (Fsp3) is 0.143. The largest absolute Gasteiger partial charge is 0.496 e. The summed E-state index contributed by atoms with van der Waals surface area (Å²) in [5, 5.41) is 12.8. The van der Waals surface area contributed by atoms with E-state index in [0.717, 1.165) is 4.88 Å². The number of methoxy groups -OCH3 is 2. The van der Waals surface area contributed by atoms with E-state index in [1.54, 1.807) is 18.2 Å². The number of hydrogen-bond donors (Lipinski definition) is 2. The van der Waals surface area contributed by atoms with Gasteiger partial charge in [-0.05, 0) is 29.6 Å². The summed E-state index contributed by atoms with van der Waals surface area (Å²) in [7, 11) is 2.80. The highest BCUT2D eigenvalue weighted by Crippen LogP contribution is 2.24. The number of nitrogens with one attached hydrogen (secondary N) is 2. The zero-order valence-corrected chi connectivity index (χ0v) is 11.9. The molecule has 1 aromatic heterocycles. The van der Waals surface area contributed by atoms with Crippen molar-refractivity contribution in [3.8, 4) is 5.75 Å². The number of amidine groups is 1. The Kier molecular flexibility index (Phi) is 4.37. The molecule has 1 aromatic carbocycles. The minimum absolute atomic E-state index is 0.279. The van der Waals surface area contributed by atoms with Gasteiger partial charge in [0.05, 0.1) is 19.1 Å². The van der Waals surface area contributed by atoms with Crippen LogP contribution in [0.4, 0.5) is 5.69 Å². The Morgan fingerprint density at radius 3 is 2.70 bits per heavy atom. The number of anilines is 1. The molecule has 1 heterocycles. The minimum Gasteiger partial charge on any atom is -0.496 e. The van der Waals surface area contributed by atoms with Gasteiger partial charge in [0.2, 0.25) is 0 Å². The first kappa shape index (κ1) is 14.1. The van der Waals surface area contributed by atoms with Crippen LogP contribution in [0.3, 0.4) is 0 Å². The molecule has 0 saturated heterocycles. The molecule has 20 heavy (non-hydrogen) atoms. The molecule has 0 bridgehead atoms. The normalized spacial score (nSPS) is 9.90. The number of hydrogen-bond acceptors (Lipinski definition) is 5. The summed E-state index contributed by atoms with van der Waals surface area (Å²) in [6.07, 6.45) is 0. The number of ether oxygens (including phenoxy) is 2. The second kappa shape index (κ2) is 6.21. The lowest BCUT2D eigenvalue weighted by molar-refractivity contribution is 0.0597. The fourth-order valence-corrected chi connectivity index (χ4v) is 2.31. The first-order chi connectivity index (χ1) is 9.65. The molecule has 104 valence electrons. The highest BCUT2D eigenvalue weighted by Gasteiger charge is 2.14. The van der Waals surface area contributed by atoms with Crippen LogP contribution in [-0.4, -0.2) is 26.0 Å². The van der Waals surface area contributed by atoms with Crippen molar-refractivity contribution in [3.05, 3.63) is 46.2 Å². The Morgan fingerprint density at radius 2 is 2.10 bits per heavy atom. The average molecular weight is 290 g/mol. The van der Waals surface area contributed by atoms with Crippen LogP contribution in [0, 0.1) is 5.41 Å². The SMILES string of the molecule is COC(=O)c1cc(NC(=N)c2cccs2)ccc1OC. The van der Waals surface area contributed by atoms with Crippen molar-refractivity contribution in [2.45, 2.75) is 0 Å². The summed E-state index contributed by atoms with van der Waals surface area (Å²) in [6.45, 7) is 0. The van der Waals surface area contributed by atoms with E-state index in [9.17, 15) is 4.79 Å². The zero-order valence-electron chi connectivity index (χ0n) is 11.1. The van der Waals surface area contributed by atoms with E-state index >= 15 is 0 Å². The van der Waals surface area contributed by atoms with Gasteiger partial charge in [-0.2, -0.15) is 0 Å². The van der Waals surface area contributed by atoms with Gasteiger partial charge in [-0.1, -0.05) is 6.07 Å². The van der Waals surface area contributed by atoms with Gasteiger partial charge in [0, 0.05) is 5.69 Å². The van der Waals surface area contributed by atoms with Crippen LogP contribution < -0.4 is 10.1 Å². The predicted octanol–water partition coefficient (Wildman–Crippen LogP) is 2.98. The van der Waals surface area contributed by atoms with E-state index in [1.807, 2.05) is 17.5 Å². The van der Waals surface area contributed by atoms with Crippen molar-refractivity contribution in [2.75, 3.05) is 19.5 Å². The number of benzene rings is 1. The molecular formula is C14H14N2O3S. The van der Waals surface area contributed by atoms with Gasteiger partial charge in [0.1, 0.15) is 17.1 Å². The summed E-state index contributed by atoms with van der Waals surface area (Å²) < 4.78 is 9.83. The Morgan fingerprint density at radius 1 is 1.30 bits per heavy atom. The molecule has 0 unspecified atom stereocenters. The smallest absolute Gasteiger partial charge is 0.341 e. The third-order valence-corrected chi connectivity index (χ3v) is 3.53. The summed E-state index contributed by atoms with van der Waals surface area (Å²) in [6, 6.07) is 8.74. The van der Waals surface area contributed by atoms with Gasteiger partial charge in [-0.3, -0.25) is 5.41 Å². The maximum Gasteiger partial charge on any atom is 0.341 e. The molecule has 0 amide bonds. The first-order valence-corrected chi connectivity index (χ1v) is 6.69. The van der Waals surface area contributed by atoms with Crippen LogP contribution in [0.25, 0.3) is 0 Å². The lowest BCUT2D eigenvalue weighted by Crippen LogP contribution is -2.11. The quantitative estimate of drug-likeness (QED) is 0.516. The molecular weight excluding hydrogens is 276 g/mol. The van der Waals surface area contributed by atoms with E-state index in [-0.39, 0.29) is 5.84 Å². The van der Waals surface area contributed by atoms with E-state index in [0.29, 0.717) is 17.0 Å². The summed E-state index contributed by atoms with van der Waals surface area (Å²) in [5.41, 5.74) is 0.948. The highest BCUT2D eigenvalue weighted by atomic mass is 32.1. The van der Waals surface area contributed by atoms with Gasteiger partial charge in [0.25, 0.3) is 0 Å². The van der Waals surface area contributed by atoms with Crippen LogP contribution in [0.2, 0.25) is 0 Å². The van der Waals surface area contributed by atoms with Crippen LogP contribution in [0.15, 0.2) is 35.7 Å². The molecule has 0 saturated carbocycles. The Balaban J connectivity index is 2.25. The van der Waals surface area contributed by atoms with Gasteiger partial charge in [-0.25, -0.2) is 4.79 Å². The van der Waals surface area contributed by atoms with Gasteiger partial charge in [-0.15, -0.1) is 11.3 Å². The fourth-order valence-electron chi connectivity index (χ4n) is 1.68. The van der Waals surface area contributed by atoms with Crippen molar-refractivity contribution in [3.63, 3.8) is 0 Å². The van der Waals surface area contributed by atoms with Crippen LogP contribution >= 0.6 is 11.3 Å². The van der Waals surface area contributed by atoms with Crippen molar-refractivity contribution in [1.82, 2.24) is 0 Å². The van der Waals surface area contributed by atoms with Crippen LogP contribution in [0.5, 0.6) is 5.75 Å². The van der Waals surface area contributed by atoms with Crippen molar-refractivity contribution in [2.24, 2.45) is 0 Å². The summed E-state index contributed by atoms with van der Waals surface area (Å²) in [5.74, 6) is 0.235. The molecule has 2 N–H and O–H groups in total. The maximum absolute atomic E-state index is 11.7. The van der Waals surface area contributed by atoms with Crippen LogP contribution in [-0.2, 0) is 4.74 Å². The first-order valence-electron chi connectivity index (χ1n) is 5.81. The van der Waals surface area contributed by atoms with E-state index in [1.165, 1.54) is 25.6 Å². The predicted molar refractivity (Wildman–Crippen MR) is 79.1 cm³/mol. The third-order valence-electron chi connectivity index (χ3n) is 2.64. The van der Waals surface area contributed by atoms with Crippen molar-refractivity contribution < 1.29 is 14.3 Å². The second-order valence-corrected chi connectivity index (χ2v) is 4.83. The summed E-state index contributed by atoms with van der Waals surface area (Å²) >= 11 is 1.47.